The van der Waals surface area contributed by atoms with Crippen molar-refractivity contribution in [2.45, 2.75) is 17.3 Å². The third-order valence-electron chi connectivity index (χ3n) is 4.44. The number of furan rings is 1. The minimum atomic E-state index is -3.67. The molecule has 0 amide bonds. The molecule has 168 valence electrons. The van der Waals surface area contributed by atoms with Gasteiger partial charge in [0.25, 0.3) is 0 Å². The molecule has 3 N–H and O–H groups in total. The van der Waals surface area contributed by atoms with E-state index in [9.17, 15) is 13.2 Å². The standard InChI is InChI=1S/C22H19N5O5S/c23-21-25-18(26-22(27-21)24-16-7-3-1-4-8-16)13-32-20(28)19-15(11-12-31-19)14-33(29,30)17-9-5-2-6-10-17/h1-12H,13-14H2,(H3,23,24,25,26,27). The van der Waals surface area contributed by atoms with Gasteiger partial charge in [0.1, 0.15) is 0 Å². The molecule has 10 nitrogen and oxygen atoms in total. The first-order valence-corrected chi connectivity index (χ1v) is 11.4. The molecule has 0 aliphatic carbocycles. The minimum absolute atomic E-state index is 0.0536. The second-order valence-electron chi connectivity index (χ2n) is 6.85. The molecular formula is C22H19N5O5S. The van der Waals surface area contributed by atoms with E-state index in [1.54, 1.807) is 18.2 Å². The van der Waals surface area contributed by atoms with E-state index in [0.29, 0.717) is 0 Å². The molecule has 0 radical (unpaired) electrons. The monoisotopic (exact) mass is 465 g/mol. The Morgan fingerprint density at radius 2 is 1.67 bits per heavy atom. The van der Waals surface area contributed by atoms with Gasteiger partial charge in [-0.05, 0) is 30.3 Å². The van der Waals surface area contributed by atoms with E-state index in [4.69, 9.17) is 14.9 Å². The number of carbonyl (C=O) groups is 1. The van der Waals surface area contributed by atoms with Crippen LogP contribution in [0, 0.1) is 0 Å². The highest BCUT2D eigenvalue weighted by Gasteiger charge is 2.23. The summed E-state index contributed by atoms with van der Waals surface area (Å²) in [5.74, 6) is -1.23. The van der Waals surface area contributed by atoms with Crippen LogP contribution in [0.25, 0.3) is 0 Å². The summed E-state index contributed by atoms with van der Waals surface area (Å²) in [6.45, 7) is -0.319. The van der Waals surface area contributed by atoms with Gasteiger partial charge >= 0.3 is 5.97 Å². The molecule has 0 aliphatic rings. The number of nitrogen functional groups attached to an aromatic ring is 1. The molecule has 0 aliphatic heterocycles. The van der Waals surface area contributed by atoms with Crippen molar-refractivity contribution < 1.29 is 22.4 Å². The van der Waals surface area contributed by atoms with E-state index >= 15 is 0 Å². The average molecular weight is 465 g/mol. The van der Waals surface area contributed by atoms with Crippen molar-refractivity contribution in [1.29, 1.82) is 0 Å². The Bertz CT molecular complexity index is 1360. The van der Waals surface area contributed by atoms with Crippen molar-refractivity contribution in [2.24, 2.45) is 0 Å². The molecule has 33 heavy (non-hydrogen) atoms. The van der Waals surface area contributed by atoms with Crippen LogP contribution in [-0.4, -0.2) is 29.3 Å². The SMILES string of the molecule is Nc1nc(COC(=O)c2occc2CS(=O)(=O)c2ccccc2)nc(Nc2ccccc2)n1. The summed E-state index contributed by atoms with van der Waals surface area (Å²) in [5.41, 5.74) is 6.66. The molecular weight excluding hydrogens is 446 g/mol. The van der Waals surface area contributed by atoms with Crippen molar-refractivity contribution in [1.82, 2.24) is 15.0 Å². The molecule has 0 unspecified atom stereocenters. The van der Waals surface area contributed by atoms with Crippen LogP contribution < -0.4 is 11.1 Å². The number of sulfone groups is 1. The summed E-state index contributed by atoms with van der Waals surface area (Å²) in [6, 6.07) is 18.5. The van der Waals surface area contributed by atoms with E-state index in [0.717, 1.165) is 5.69 Å². The van der Waals surface area contributed by atoms with Crippen LogP contribution in [0.2, 0.25) is 0 Å². The van der Waals surface area contributed by atoms with Crippen LogP contribution in [0.5, 0.6) is 0 Å². The summed E-state index contributed by atoms with van der Waals surface area (Å²) in [4.78, 5) is 24.9. The number of anilines is 3. The normalized spacial score (nSPS) is 11.2. The van der Waals surface area contributed by atoms with Crippen molar-refractivity contribution >= 4 is 33.4 Å². The van der Waals surface area contributed by atoms with Crippen LogP contribution in [0.15, 0.2) is 82.3 Å². The number of benzene rings is 2. The highest BCUT2D eigenvalue weighted by Crippen LogP contribution is 2.21. The van der Waals surface area contributed by atoms with Gasteiger partial charge in [0.05, 0.1) is 16.9 Å². The third kappa shape index (κ3) is 5.52. The Labute approximate surface area is 189 Å². The largest absolute Gasteiger partial charge is 0.457 e. The van der Waals surface area contributed by atoms with Crippen LogP contribution in [0.4, 0.5) is 17.6 Å². The molecule has 0 saturated carbocycles. The molecule has 0 bridgehead atoms. The molecule has 0 fully saturated rings. The lowest BCUT2D eigenvalue weighted by molar-refractivity contribution is 0.0424. The Hall–Kier alpha value is -4.25. The number of aromatic nitrogens is 3. The zero-order valence-electron chi connectivity index (χ0n) is 17.2. The quantitative estimate of drug-likeness (QED) is 0.371. The van der Waals surface area contributed by atoms with E-state index in [1.807, 2.05) is 30.3 Å². The number of nitrogens with zero attached hydrogens (tertiary/aromatic N) is 3. The maximum absolute atomic E-state index is 12.6. The van der Waals surface area contributed by atoms with Crippen LogP contribution >= 0.6 is 0 Å². The number of hydrogen-bond acceptors (Lipinski definition) is 10. The average Bonchev–Trinajstić information content (AvgIpc) is 3.26. The first kappa shape index (κ1) is 22.0. The number of esters is 1. The van der Waals surface area contributed by atoms with E-state index in [-0.39, 0.29) is 40.5 Å². The number of carbonyl (C=O) groups excluding carboxylic acids is 1. The van der Waals surface area contributed by atoms with E-state index in [2.05, 4.69) is 20.3 Å². The van der Waals surface area contributed by atoms with Gasteiger partial charge in [-0.25, -0.2) is 13.2 Å². The van der Waals surface area contributed by atoms with Gasteiger partial charge < -0.3 is 20.2 Å². The molecule has 11 heteroatoms. The van der Waals surface area contributed by atoms with Gasteiger partial charge in [-0.1, -0.05) is 36.4 Å². The van der Waals surface area contributed by atoms with E-state index < -0.39 is 21.6 Å². The zero-order chi connectivity index (χ0) is 23.3. The van der Waals surface area contributed by atoms with Gasteiger partial charge in [0, 0.05) is 11.3 Å². The lowest BCUT2D eigenvalue weighted by atomic mass is 10.3. The number of rotatable bonds is 8. The summed E-state index contributed by atoms with van der Waals surface area (Å²) < 4.78 is 35.7. The first-order valence-electron chi connectivity index (χ1n) is 9.74. The summed E-state index contributed by atoms with van der Waals surface area (Å²) in [7, 11) is -3.67. The predicted molar refractivity (Wildman–Crippen MR) is 119 cm³/mol. The van der Waals surface area contributed by atoms with Crippen molar-refractivity contribution in [2.75, 3.05) is 11.1 Å². The van der Waals surface area contributed by atoms with Gasteiger partial charge in [0.15, 0.2) is 22.3 Å². The maximum atomic E-state index is 12.6. The summed E-state index contributed by atoms with van der Waals surface area (Å²) in [5, 5.41) is 2.98. The number of hydrogen-bond donors (Lipinski definition) is 2. The number of nitrogens with two attached hydrogens (primary N) is 1. The highest BCUT2D eigenvalue weighted by atomic mass is 32.2. The smallest absolute Gasteiger partial charge is 0.374 e. The second-order valence-corrected chi connectivity index (χ2v) is 8.84. The van der Waals surface area contributed by atoms with Crippen LogP contribution in [-0.2, 0) is 26.9 Å². The second kappa shape index (κ2) is 9.49. The Kier molecular flexibility index (Phi) is 6.31. The van der Waals surface area contributed by atoms with Gasteiger partial charge in [-0.2, -0.15) is 15.0 Å². The molecule has 4 aromatic rings. The fourth-order valence-corrected chi connectivity index (χ4v) is 4.32. The van der Waals surface area contributed by atoms with Crippen LogP contribution in [0.1, 0.15) is 21.9 Å². The molecule has 4 rings (SSSR count). The molecule has 2 aromatic heterocycles. The highest BCUT2D eigenvalue weighted by molar-refractivity contribution is 7.90. The minimum Gasteiger partial charge on any atom is -0.457 e. The first-order chi connectivity index (χ1) is 15.9. The Balaban J connectivity index is 1.45. The van der Waals surface area contributed by atoms with E-state index in [1.165, 1.54) is 24.5 Å². The number of para-hydroxylation sites is 1. The molecule has 0 atom stereocenters. The molecule has 0 spiro atoms. The number of ether oxygens (including phenoxy) is 1. The van der Waals surface area contributed by atoms with Crippen molar-refractivity contribution in [3.05, 3.63) is 90.1 Å². The lowest BCUT2D eigenvalue weighted by Crippen LogP contribution is -2.13. The summed E-state index contributed by atoms with van der Waals surface area (Å²) >= 11 is 0. The predicted octanol–water partition coefficient (Wildman–Crippen LogP) is 3.12. The van der Waals surface area contributed by atoms with Crippen molar-refractivity contribution in [3.63, 3.8) is 0 Å². The van der Waals surface area contributed by atoms with Gasteiger partial charge in [-0.3, -0.25) is 0 Å². The lowest BCUT2D eigenvalue weighted by Gasteiger charge is -2.08. The molecule has 0 saturated heterocycles. The molecule has 2 heterocycles. The fourth-order valence-electron chi connectivity index (χ4n) is 2.95. The fraction of sp³-hybridized carbons (Fsp3) is 0.0909. The topological polar surface area (TPSA) is 150 Å². The van der Waals surface area contributed by atoms with Gasteiger partial charge in [0.2, 0.25) is 17.7 Å². The zero-order valence-corrected chi connectivity index (χ0v) is 18.0. The number of nitrogens with one attached hydrogen (secondary N) is 1. The Morgan fingerprint density at radius 3 is 2.39 bits per heavy atom. The molecule has 2 aromatic carbocycles. The maximum Gasteiger partial charge on any atom is 0.374 e. The van der Waals surface area contributed by atoms with Crippen LogP contribution in [0.3, 0.4) is 0 Å². The summed E-state index contributed by atoms with van der Waals surface area (Å²) in [6.07, 6.45) is 1.23. The third-order valence-corrected chi connectivity index (χ3v) is 6.12. The van der Waals surface area contributed by atoms with Gasteiger partial charge in [-0.15, -0.1) is 0 Å². The van der Waals surface area contributed by atoms with Crippen molar-refractivity contribution in [3.8, 4) is 0 Å². The Morgan fingerprint density at radius 1 is 0.970 bits per heavy atom.